The van der Waals surface area contributed by atoms with Gasteiger partial charge in [-0.3, -0.25) is 0 Å². The van der Waals surface area contributed by atoms with Gasteiger partial charge in [-0.1, -0.05) is 0 Å². The molecule has 2 rings (SSSR count). The molecule has 0 aromatic rings. The van der Waals surface area contributed by atoms with E-state index in [0.29, 0.717) is 0 Å². The second-order valence-electron chi connectivity index (χ2n) is 3.99. The molecule has 0 aromatic heterocycles. The van der Waals surface area contributed by atoms with Gasteiger partial charge in [0.05, 0.1) is 0 Å². The summed E-state index contributed by atoms with van der Waals surface area (Å²) < 4.78 is 67.9. The molecule has 1 nitrogen and oxygen atoms in total. The van der Waals surface area contributed by atoms with Gasteiger partial charge in [0.15, 0.2) is 0 Å². The summed E-state index contributed by atoms with van der Waals surface area (Å²) in [5.41, 5.74) is -1.83. The minimum absolute atomic E-state index is 0. The normalized spacial score (nSPS) is 32.2. The molecule has 1 atom stereocenters. The van der Waals surface area contributed by atoms with Gasteiger partial charge in [-0.2, -0.15) is 0 Å². The molecule has 1 aliphatic carbocycles. The zero-order chi connectivity index (χ0) is 10.6. The Morgan fingerprint density at radius 3 is 1.87 bits per heavy atom. The molecule has 1 unspecified atom stereocenters. The van der Waals surface area contributed by atoms with E-state index in [1.165, 1.54) is 0 Å². The monoisotopic (exact) mass is 254 g/mol. The Morgan fingerprint density at radius 1 is 1.07 bits per heavy atom. The van der Waals surface area contributed by atoms with Gasteiger partial charge in [0, 0.05) is 24.4 Å². The zero-order valence-corrected chi connectivity index (χ0v) is 11.4. The number of ether oxygens (including phenoxy) is 1. The average Bonchev–Trinajstić information content (AvgIpc) is 2.47. The third-order valence-electron chi connectivity index (χ3n) is 3.33. The van der Waals surface area contributed by atoms with Crippen LogP contribution in [0.4, 0.5) is 21.7 Å². The largest absolute Gasteiger partial charge is 1.00 e. The number of hydrogen-bond acceptors (Lipinski definition) is 1. The van der Waals surface area contributed by atoms with Gasteiger partial charge in [0.1, 0.15) is 0 Å². The minimum atomic E-state index is -5.44. The van der Waals surface area contributed by atoms with Gasteiger partial charge >= 0.3 is 58.4 Å². The number of hydrogen-bond donors (Lipinski definition) is 0. The molecule has 2 fully saturated rings. The Morgan fingerprint density at radius 2 is 1.53 bits per heavy atom. The van der Waals surface area contributed by atoms with Crippen LogP contribution in [0.1, 0.15) is 12.8 Å². The standard InChI is InChI=1S/C7H9BF5O.K/c9-7(10)5(8(11,12)13)6(7)1-3-14-4-2-6;/h5H,1-4H2;/q-1;+1. The maximum atomic E-state index is 13.1. The Kier molecular flexibility index (Phi) is 4.03. The summed E-state index contributed by atoms with van der Waals surface area (Å²) in [6.45, 7) is -5.41. The molecule has 0 N–H and O–H groups in total. The second kappa shape index (κ2) is 4.20. The summed E-state index contributed by atoms with van der Waals surface area (Å²) in [7, 11) is 0. The molecular weight excluding hydrogens is 245 g/mol. The summed E-state index contributed by atoms with van der Waals surface area (Å²) >= 11 is 0. The van der Waals surface area contributed by atoms with Crippen molar-refractivity contribution in [2.45, 2.75) is 24.6 Å². The summed E-state index contributed by atoms with van der Waals surface area (Å²) in [5.74, 6) is -5.95. The first-order valence-electron chi connectivity index (χ1n) is 4.48. The van der Waals surface area contributed by atoms with Gasteiger partial charge in [-0.05, 0) is 12.8 Å². The molecule has 0 amide bonds. The van der Waals surface area contributed by atoms with E-state index in [2.05, 4.69) is 0 Å². The zero-order valence-electron chi connectivity index (χ0n) is 8.28. The van der Waals surface area contributed by atoms with Crippen molar-refractivity contribution < 1.29 is 77.8 Å². The molecule has 1 saturated heterocycles. The van der Waals surface area contributed by atoms with Gasteiger partial charge in [0.25, 0.3) is 0 Å². The molecule has 2 aliphatic rings. The van der Waals surface area contributed by atoms with Crippen molar-refractivity contribution in [3.05, 3.63) is 0 Å². The van der Waals surface area contributed by atoms with Crippen molar-refractivity contribution in [3.8, 4) is 0 Å². The first-order valence-corrected chi connectivity index (χ1v) is 4.48. The molecule has 8 heteroatoms. The molecule has 1 heterocycles. The van der Waals surface area contributed by atoms with Crippen LogP contribution in [0.25, 0.3) is 0 Å². The van der Waals surface area contributed by atoms with Crippen LogP contribution in [0.3, 0.4) is 0 Å². The molecule has 82 valence electrons. The quantitative estimate of drug-likeness (QED) is 0.459. The molecule has 1 spiro atoms. The van der Waals surface area contributed by atoms with E-state index in [-0.39, 0.29) is 77.4 Å². The fraction of sp³-hybridized carbons (Fsp3) is 1.00. The van der Waals surface area contributed by atoms with E-state index >= 15 is 0 Å². The molecule has 1 aliphatic heterocycles. The molecule has 1 saturated carbocycles. The fourth-order valence-corrected chi connectivity index (χ4v) is 2.52. The van der Waals surface area contributed by atoms with Crippen LogP contribution in [0.5, 0.6) is 0 Å². The molecule has 0 bridgehead atoms. The van der Waals surface area contributed by atoms with E-state index in [4.69, 9.17) is 4.74 Å². The predicted molar refractivity (Wildman–Crippen MR) is 40.3 cm³/mol. The van der Waals surface area contributed by atoms with Crippen LogP contribution in [-0.2, 0) is 4.74 Å². The minimum Gasteiger partial charge on any atom is -0.449 e. The third-order valence-corrected chi connectivity index (χ3v) is 3.33. The molecule has 0 radical (unpaired) electrons. The summed E-state index contributed by atoms with van der Waals surface area (Å²) in [5, 5.41) is 0. The van der Waals surface area contributed by atoms with Crippen LogP contribution in [0.15, 0.2) is 0 Å². The van der Waals surface area contributed by atoms with E-state index in [1.54, 1.807) is 0 Å². The summed E-state index contributed by atoms with van der Waals surface area (Å²) in [6.07, 6.45) is -0.349. The van der Waals surface area contributed by atoms with E-state index in [9.17, 15) is 21.7 Å². The van der Waals surface area contributed by atoms with Gasteiger partial charge in [-0.15, -0.1) is 0 Å². The third kappa shape index (κ3) is 2.06. The first-order chi connectivity index (χ1) is 6.32. The average molecular weight is 254 g/mol. The van der Waals surface area contributed by atoms with Crippen LogP contribution in [0, 0.1) is 5.41 Å². The van der Waals surface area contributed by atoms with Gasteiger partial charge < -0.3 is 17.7 Å². The molecule has 0 aromatic carbocycles. The van der Waals surface area contributed by atoms with Crippen LogP contribution in [0.2, 0.25) is 5.82 Å². The molecule has 15 heavy (non-hydrogen) atoms. The van der Waals surface area contributed by atoms with E-state index in [1.807, 2.05) is 0 Å². The van der Waals surface area contributed by atoms with Gasteiger partial charge in [0.2, 0.25) is 5.92 Å². The van der Waals surface area contributed by atoms with Crippen LogP contribution in [-0.4, -0.2) is 26.1 Å². The van der Waals surface area contributed by atoms with Gasteiger partial charge in [-0.25, -0.2) is 8.78 Å². The smallest absolute Gasteiger partial charge is 0.449 e. The maximum absolute atomic E-state index is 13.1. The Balaban J connectivity index is 0.00000112. The topological polar surface area (TPSA) is 9.23 Å². The number of rotatable bonds is 1. The Labute approximate surface area is 127 Å². The van der Waals surface area contributed by atoms with Crippen molar-refractivity contribution in [1.29, 1.82) is 0 Å². The van der Waals surface area contributed by atoms with Crippen molar-refractivity contribution in [2.24, 2.45) is 5.41 Å². The SMILES string of the molecule is F[B-](F)(F)C1C(F)(F)C12CCOCC2.[K+]. The van der Waals surface area contributed by atoms with Crippen molar-refractivity contribution in [3.63, 3.8) is 0 Å². The van der Waals surface area contributed by atoms with E-state index < -0.39 is 24.1 Å². The van der Waals surface area contributed by atoms with Crippen molar-refractivity contribution in [1.82, 2.24) is 0 Å². The second-order valence-corrected chi connectivity index (χ2v) is 3.99. The predicted octanol–water partition coefficient (Wildman–Crippen LogP) is -0.346. The molecular formula is C7H9BF5KO. The summed E-state index contributed by atoms with van der Waals surface area (Å²) in [6, 6.07) is 0. The summed E-state index contributed by atoms with van der Waals surface area (Å²) in [4.78, 5) is 0. The number of alkyl halides is 2. The Hall–Kier alpha value is 1.31. The van der Waals surface area contributed by atoms with E-state index in [0.717, 1.165) is 0 Å². The Bertz CT molecular complexity index is 250. The fourth-order valence-electron chi connectivity index (χ4n) is 2.52. The van der Waals surface area contributed by atoms with Crippen molar-refractivity contribution >= 4 is 6.98 Å². The first kappa shape index (κ1) is 14.4. The number of halogens is 5. The van der Waals surface area contributed by atoms with Crippen LogP contribution >= 0.6 is 0 Å². The van der Waals surface area contributed by atoms with Crippen LogP contribution < -0.4 is 51.4 Å². The van der Waals surface area contributed by atoms with Crippen molar-refractivity contribution in [2.75, 3.05) is 13.2 Å². The maximum Gasteiger partial charge on any atom is 1.00 e.